The fourth-order valence-electron chi connectivity index (χ4n) is 2.09. The molecule has 0 radical (unpaired) electrons. The summed E-state index contributed by atoms with van der Waals surface area (Å²) in [6.45, 7) is 4.34. The molecule has 0 saturated carbocycles. The third-order valence-electron chi connectivity index (χ3n) is 3.09. The van der Waals surface area contributed by atoms with Gasteiger partial charge >= 0.3 is 12.0 Å². The lowest BCUT2D eigenvalue weighted by Gasteiger charge is -2.15. The van der Waals surface area contributed by atoms with Gasteiger partial charge in [-0.2, -0.15) is 0 Å². The largest absolute Gasteiger partial charge is 0.341 e. The van der Waals surface area contributed by atoms with Crippen molar-refractivity contribution in [3.63, 3.8) is 0 Å². The average molecular weight is 501 g/mol. The van der Waals surface area contributed by atoms with Gasteiger partial charge in [-0.25, -0.2) is 0 Å². The van der Waals surface area contributed by atoms with E-state index in [4.69, 9.17) is 66.5 Å². The maximum absolute atomic E-state index is 5.93. The number of halogens is 6. The zero-order valence-corrected chi connectivity index (χ0v) is 21.1. The van der Waals surface area contributed by atoms with Crippen molar-refractivity contribution in [2.45, 2.75) is 51.6 Å². The van der Waals surface area contributed by atoms with Crippen LogP contribution in [0.5, 0.6) is 0 Å². The molecule has 0 fully saturated rings. The molecule has 0 aliphatic carbocycles. The van der Waals surface area contributed by atoms with E-state index in [0.717, 1.165) is 36.4 Å². The standard InChI is InChI=1S/C12H24Cl6S2Si2/c1-11(9-21(13,14)15)5-3-7-19-20-8-4-6-12(2)10-22(16,17)18/h11-12H,3-10H2,1-2H3. The van der Waals surface area contributed by atoms with Crippen LogP contribution in [0.3, 0.4) is 0 Å². The Labute approximate surface area is 173 Å². The van der Waals surface area contributed by atoms with Crippen LogP contribution in [0.4, 0.5) is 0 Å². The maximum atomic E-state index is 5.93. The molecule has 0 aliphatic rings. The van der Waals surface area contributed by atoms with Crippen molar-refractivity contribution in [2.24, 2.45) is 11.8 Å². The molecule has 2 atom stereocenters. The Morgan fingerprint density at radius 1 is 0.682 bits per heavy atom. The Balaban J connectivity index is 3.41. The molecule has 0 aromatic carbocycles. The fourth-order valence-corrected chi connectivity index (χ4v) is 11.0. The van der Waals surface area contributed by atoms with Crippen LogP contribution in [0, 0.1) is 11.8 Å². The summed E-state index contributed by atoms with van der Waals surface area (Å²) in [5.41, 5.74) is 0. The van der Waals surface area contributed by atoms with Crippen molar-refractivity contribution in [3.05, 3.63) is 0 Å². The molecule has 0 heterocycles. The van der Waals surface area contributed by atoms with Crippen molar-refractivity contribution in [1.29, 1.82) is 0 Å². The molecule has 2 unspecified atom stereocenters. The molecule has 10 heteroatoms. The second-order valence-electron chi connectivity index (χ2n) is 5.78. The predicted molar refractivity (Wildman–Crippen MR) is 118 cm³/mol. The summed E-state index contributed by atoms with van der Waals surface area (Å²) in [6.07, 6.45) is 4.64. The summed E-state index contributed by atoms with van der Waals surface area (Å²) in [4.78, 5) is 0. The van der Waals surface area contributed by atoms with Crippen LogP contribution in [-0.4, -0.2) is 23.5 Å². The average Bonchev–Trinajstić information content (AvgIpc) is 2.27. The number of hydrogen-bond acceptors (Lipinski definition) is 2. The van der Waals surface area contributed by atoms with E-state index in [2.05, 4.69) is 13.8 Å². The van der Waals surface area contributed by atoms with Crippen molar-refractivity contribution >= 4 is 100 Å². The molecule has 0 bridgehead atoms. The van der Waals surface area contributed by atoms with Crippen LogP contribution in [0.1, 0.15) is 39.5 Å². The summed E-state index contributed by atoms with van der Waals surface area (Å²) >= 11 is 35.6. The lowest BCUT2D eigenvalue weighted by Crippen LogP contribution is -2.14. The minimum Gasteiger partial charge on any atom is -0.126 e. The first-order valence-electron chi connectivity index (χ1n) is 7.37. The van der Waals surface area contributed by atoms with E-state index >= 15 is 0 Å². The monoisotopic (exact) mass is 498 g/mol. The van der Waals surface area contributed by atoms with E-state index in [0.29, 0.717) is 11.8 Å². The summed E-state index contributed by atoms with van der Waals surface area (Å²) in [5, 5.41) is 0. The van der Waals surface area contributed by atoms with E-state index in [1.165, 1.54) is 12.8 Å². The van der Waals surface area contributed by atoms with Gasteiger partial charge in [0.1, 0.15) is 0 Å². The second-order valence-corrected chi connectivity index (χ2v) is 26.9. The van der Waals surface area contributed by atoms with E-state index in [-0.39, 0.29) is 0 Å². The molecular weight excluding hydrogens is 477 g/mol. The fraction of sp³-hybridized carbons (Fsp3) is 1.00. The highest BCUT2D eigenvalue weighted by atomic mass is 35.8. The second kappa shape index (κ2) is 13.1. The Kier molecular flexibility index (Phi) is 14.8. The molecule has 0 N–H and O–H groups in total. The normalized spacial score (nSPS) is 15.8. The van der Waals surface area contributed by atoms with Gasteiger partial charge in [0.15, 0.2) is 0 Å². The smallest absolute Gasteiger partial charge is 0.126 e. The third kappa shape index (κ3) is 19.2. The van der Waals surface area contributed by atoms with Crippen molar-refractivity contribution in [2.75, 3.05) is 11.5 Å². The summed E-state index contributed by atoms with van der Waals surface area (Å²) in [5.74, 6) is 3.34. The zero-order valence-electron chi connectivity index (χ0n) is 12.9. The van der Waals surface area contributed by atoms with Gasteiger partial charge < -0.3 is 0 Å². The first-order chi connectivity index (χ1) is 9.99. The Hall–Kier alpha value is 2.87. The maximum Gasteiger partial charge on any atom is 0.341 e. The SMILES string of the molecule is CC(CCCSSCCCC(C)C[Si](Cl)(Cl)Cl)C[Si](Cl)(Cl)Cl. The minimum atomic E-state index is -2.46. The molecular formula is C12H24Cl6S2Si2. The van der Waals surface area contributed by atoms with Gasteiger partial charge in [-0.05, 0) is 36.8 Å². The van der Waals surface area contributed by atoms with Crippen molar-refractivity contribution in [3.8, 4) is 0 Å². The van der Waals surface area contributed by atoms with Gasteiger partial charge in [-0.1, -0.05) is 48.3 Å². The number of rotatable bonds is 13. The molecule has 0 amide bonds. The molecule has 0 aliphatic heterocycles. The van der Waals surface area contributed by atoms with Gasteiger partial charge in [0.2, 0.25) is 0 Å². The Morgan fingerprint density at radius 3 is 1.27 bits per heavy atom. The molecule has 134 valence electrons. The molecule has 0 rings (SSSR count). The van der Waals surface area contributed by atoms with Gasteiger partial charge in [0.25, 0.3) is 0 Å². The molecule has 0 aromatic heterocycles. The van der Waals surface area contributed by atoms with Gasteiger partial charge in [-0.3, -0.25) is 0 Å². The summed E-state index contributed by atoms with van der Waals surface area (Å²) < 4.78 is 0. The van der Waals surface area contributed by atoms with Gasteiger partial charge in [0, 0.05) is 11.5 Å². The lowest BCUT2D eigenvalue weighted by molar-refractivity contribution is 0.576. The lowest BCUT2D eigenvalue weighted by atomic mass is 10.1. The van der Waals surface area contributed by atoms with Crippen LogP contribution in [-0.2, 0) is 0 Å². The molecule has 22 heavy (non-hydrogen) atoms. The van der Waals surface area contributed by atoms with E-state index in [9.17, 15) is 0 Å². The first-order valence-corrected chi connectivity index (χ1v) is 20.3. The van der Waals surface area contributed by atoms with Gasteiger partial charge in [-0.15, -0.1) is 66.5 Å². The zero-order chi connectivity index (χ0) is 17.2. The minimum absolute atomic E-state index is 0.511. The quantitative estimate of drug-likeness (QED) is 0.107. The highest BCUT2D eigenvalue weighted by molar-refractivity contribution is 8.76. The molecule has 0 spiro atoms. The van der Waals surface area contributed by atoms with Crippen LogP contribution in [0.25, 0.3) is 0 Å². The topological polar surface area (TPSA) is 0 Å². The first kappa shape index (κ1) is 24.9. The van der Waals surface area contributed by atoms with Crippen LogP contribution >= 0.6 is 88.1 Å². The van der Waals surface area contributed by atoms with Gasteiger partial charge in [0.05, 0.1) is 0 Å². The summed E-state index contributed by atoms with van der Waals surface area (Å²) in [6, 6.07) is -3.38. The van der Waals surface area contributed by atoms with E-state index < -0.39 is 12.0 Å². The predicted octanol–water partition coefficient (Wildman–Crippen LogP) is 8.51. The Bertz CT molecular complexity index is 258. The van der Waals surface area contributed by atoms with Crippen LogP contribution < -0.4 is 0 Å². The van der Waals surface area contributed by atoms with E-state index in [1.54, 1.807) is 0 Å². The highest BCUT2D eigenvalue weighted by Gasteiger charge is 2.28. The Morgan fingerprint density at radius 2 is 1.00 bits per heavy atom. The molecule has 0 saturated heterocycles. The summed E-state index contributed by atoms with van der Waals surface area (Å²) in [7, 11) is 3.88. The molecule has 0 aromatic rings. The van der Waals surface area contributed by atoms with E-state index in [1.807, 2.05) is 21.6 Å². The third-order valence-corrected chi connectivity index (χ3v) is 10.8. The highest BCUT2D eigenvalue weighted by Crippen LogP contribution is 2.33. The van der Waals surface area contributed by atoms with Crippen LogP contribution in [0.2, 0.25) is 12.1 Å². The van der Waals surface area contributed by atoms with Crippen LogP contribution in [0.15, 0.2) is 0 Å². The molecule has 0 nitrogen and oxygen atoms in total. The van der Waals surface area contributed by atoms with Crippen molar-refractivity contribution < 1.29 is 0 Å². The number of hydrogen-bond donors (Lipinski definition) is 0. The van der Waals surface area contributed by atoms with Crippen molar-refractivity contribution in [1.82, 2.24) is 0 Å².